The van der Waals surface area contributed by atoms with Gasteiger partial charge in [0.2, 0.25) is 0 Å². The minimum absolute atomic E-state index is 0.0433. The molecule has 0 saturated carbocycles. The number of nitrogens with one attached hydrogen (secondary N) is 1. The van der Waals surface area contributed by atoms with E-state index in [0.717, 1.165) is 58.3 Å². The van der Waals surface area contributed by atoms with Crippen LogP contribution in [-0.2, 0) is 11.3 Å². The highest BCUT2D eigenvalue weighted by Gasteiger charge is 2.23. The van der Waals surface area contributed by atoms with Gasteiger partial charge in [-0.15, -0.1) is 10.2 Å². The van der Waals surface area contributed by atoms with Gasteiger partial charge in [0.15, 0.2) is 17.3 Å². The van der Waals surface area contributed by atoms with Gasteiger partial charge in [-0.1, -0.05) is 18.2 Å². The van der Waals surface area contributed by atoms with Crippen molar-refractivity contribution in [1.29, 1.82) is 0 Å². The van der Waals surface area contributed by atoms with E-state index in [1.165, 1.54) is 0 Å². The summed E-state index contributed by atoms with van der Waals surface area (Å²) in [5, 5.41) is 23.2. The van der Waals surface area contributed by atoms with Crippen LogP contribution in [0.3, 0.4) is 0 Å². The fourth-order valence-corrected chi connectivity index (χ4v) is 4.61. The van der Waals surface area contributed by atoms with Gasteiger partial charge in [0.1, 0.15) is 5.75 Å². The number of rotatable bonds is 8. The first-order valence-electron chi connectivity index (χ1n) is 10.8. The van der Waals surface area contributed by atoms with Crippen LogP contribution in [0.5, 0.6) is 5.75 Å². The largest absolute Gasteiger partial charge is 0.496 e. The molecule has 0 amide bonds. The second-order valence-corrected chi connectivity index (χ2v) is 8.67. The first kappa shape index (κ1) is 23.2. The van der Waals surface area contributed by atoms with Crippen molar-refractivity contribution in [2.45, 2.75) is 25.5 Å². The van der Waals surface area contributed by atoms with Crippen LogP contribution in [0.2, 0.25) is 0 Å². The van der Waals surface area contributed by atoms with E-state index in [2.05, 4.69) is 41.2 Å². The molecule has 0 radical (unpaired) electrons. The molecule has 1 aromatic heterocycles. The standard InChI is InChI=1S/C24H26BrN5O3/c1-26-17-4-5-19-20(14-17)23(27-15-16-3-6-22(32-2)21(25)13-16)28-29-24(19)30-9-7-18(8-10-30)33-12-11-31/h3-6,13-14,18,31H,7-12,15H2,2H3,(H,27,28). The van der Waals surface area contributed by atoms with E-state index in [9.17, 15) is 0 Å². The summed E-state index contributed by atoms with van der Waals surface area (Å²) in [6.07, 6.45) is 1.90. The van der Waals surface area contributed by atoms with E-state index >= 15 is 0 Å². The Morgan fingerprint density at radius 3 is 2.70 bits per heavy atom. The first-order valence-corrected chi connectivity index (χ1v) is 11.6. The average Bonchev–Trinajstić information content (AvgIpc) is 2.86. The molecule has 1 fully saturated rings. The number of fused-ring (bicyclic) bond motifs is 1. The fourth-order valence-electron chi connectivity index (χ4n) is 4.02. The topological polar surface area (TPSA) is 84.1 Å². The van der Waals surface area contributed by atoms with Crippen molar-refractivity contribution in [1.82, 2.24) is 10.2 Å². The molecule has 0 aliphatic carbocycles. The lowest BCUT2D eigenvalue weighted by atomic mass is 10.1. The van der Waals surface area contributed by atoms with Crippen LogP contribution in [0, 0.1) is 6.57 Å². The Morgan fingerprint density at radius 2 is 2.00 bits per heavy atom. The third-order valence-corrected chi connectivity index (χ3v) is 6.36. The maximum atomic E-state index is 8.98. The Kier molecular flexibility index (Phi) is 7.60. The van der Waals surface area contributed by atoms with Crippen molar-refractivity contribution in [2.24, 2.45) is 0 Å². The molecule has 0 atom stereocenters. The quantitative estimate of drug-likeness (QED) is 0.429. The minimum Gasteiger partial charge on any atom is -0.496 e. The maximum Gasteiger partial charge on any atom is 0.188 e. The SMILES string of the molecule is [C-]#[N+]c1ccc2c(N3CCC(OCCO)CC3)nnc(NCc3ccc(OC)c(Br)c3)c2c1. The number of hydrogen-bond donors (Lipinski definition) is 2. The number of ether oxygens (including phenoxy) is 2. The van der Waals surface area contributed by atoms with Crippen molar-refractivity contribution < 1.29 is 14.6 Å². The van der Waals surface area contributed by atoms with Crippen LogP contribution < -0.4 is 15.0 Å². The van der Waals surface area contributed by atoms with Crippen molar-refractivity contribution in [2.75, 3.05) is 43.6 Å². The lowest BCUT2D eigenvalue weighted by Gasteiger charge is -2.33. The van der Waals surface area contributed by atoms with Gasteiger partial charge >= 0.3 is 0 Å². The first-order chi connectivity index (χ1) is 16.1. The number of benzene rings is 2. The second-order valence-electron chi connectivity index (χ2n) is 7.82. The molecule has 1 saturated heterocycles. The molecular weight excluding hydrogens is 486 g/mol. The summed E-state index contributed by atoms with van der Waals surface area (Å²) < 4.78 is 11.9. The maximum absolute atomic E-state index is 8.98. The second kappa shape index (κ2) is 10.8. The summed E-state index contributed by atoms with van der Waals surface area (Å²) in [6, 6.07) is 11.6. The summed E-state index contributed by atoms with van der Waals surface area (Å²) in [4.78, 5) is 5.81. The Bertz CT molecular complexity index is 1160. The summed E-state index contributed by atoms with van der Waals surface area (Å²) in [6.45, 7) is 10.0. The molecule has 4 rings (SSSR count). The predicted octanol–water partition coefficient (Wildman–Crippen LogP) is 4.54. The van der Waals surface area contributed by atoms with E-state index < -0.39 is 0 Å². The van der Waals surface area contributed by atoms with Crippen LogP contribution in [0.4, 0.5) is 17.3 Å². The predicted molar refractivity (Wildman–Crippen MR) is 132 cm³/mol. The Morgan fingerprint density at radius 1 is 1.18 bits per heavy atom. The molecule has 0 unspecified atom stereocenters. The van der Waals surface area contributed by atoms with Crippen molar-refractivity contribution in [3.63, 3.8) is 0 Å². The molecule has 0 spiro atoms. The van der Waals surface area contributed by atoms with E-state index in [-0.39, 0.29) is 12.7 Å². The fraction of sp³-hybridized carbons (Fsp3) is 0.375. The monoisotopic (exact) mass is 511 g/mol. The van der Waals surface area contributed by atoms with Crippen LogP contribution >= 0.6 is 15.9 Å². The van der Waals surface area contributed by atoms with Crippen LogP contribution in [0.1, 0.15) is 18.4 Å². The van der Waals surface area contributed by atoms with Gasteiger partial charge in [0.05, 0.1) is 37.5 Å². The van der Waals surface area contributed by atoms with Crippen LogP contribution in [0.25, 0.3) is 15.6 Å². The molecule has 1 aliphatic heterocycles. The smallest absolute Gasteiger partial charge is 0.188 e. The van der Waals surface area contributed by atoms with Crippen LogP contribution in [-0.4, -0.2) is 54.8 Å². The van der Waals surface area contributed by atoms with E-state index in [1.54, 1.807) is 7.11 Å². The molecule has 0 bridgehead atoms. The number of anilines is 2. The lowest BCUT2D eigenvalue weighted by Crippen LogP contribution is -2.38. The number of piperidine rings is 1. The number of methoxy groups -OCH3 is 1. The molecule has 2 N–H and O–H groups in total. The average molecular weight is 512 g/mol. The molecule has 9 heteroatoms. The van der Waals surface area contributed by atoms with Crippen molar-refractivity contribution >= 4 is 44.0 Å². The molecule has 8 nitrogen and oxygen atoms in total. The van der Waals surface area contributed by atoms with Gasteiger partial charge in [0.25, 0.3) is 0 Å². The van der Waals surface area contributed by atoms with E-state index in [4.69, 9.17) is 21.2 Å². The Labute approximate surface area is 201 Å². The number of aliphatic hydroxyl groups excluding tert-OH is 1. The highest BCUT2D eigenvalue weighted by molar-refractivity contribution is 9.10. The Hall–Kier alpha value is -2.93. The molecule has 33 heavy (non-hydrogen) atoms. The summed E-state index contributed by atoms with van der Waals surface area (Å²) in [7, 11) is 1.64. The lowest BCUT2D eigenvalue weighted by molar-refractivity contribution is 0.0158. The molecule has 2 heterocycles. The Balaban J connectivity index is 1.57. The molecule has 1 aliphatic rings. The number of halogens is 1. The summed E-state index contributed by atoms with van der Waals surface area (Å²) in [5.74, 6) is 2.24. The number of aromatic nitrogens is 2. The molecule has 172 valence electrons. The van der Waals surface area contributed by atoms with Gasteiger partial charge in [-0.3, -0.25) is 0 Å². The van der Waals surface area contributed by atoms with Gasteiger partial charge < -0.3 is 24.8 Å². The third-order valence-electron chi connectivity index (χ3n) is 5.74. The zero-order valence-corrected chi connectivity index (χ0v) is 20.0. The normalized spacial score (nSPS) is 14.3. The molecular formula is C24H26BrN5O3. The molecule has 3 aromatic rings. The summed E-state index contributed by atoms with van der Waals surface area (Å²) >= 11 is 3.52. The molecule has 2 aromatic carbocycles. The number of nitrogens with zero attached hydrogens (tertiary/aromatic N) is 4. The minimum atomic E-state index is 0.0433. The highest BCUT2D eigenvalue weighted by atomic mass is 79.9. The van der Waals surface area contributed by atoms with Gasteiger partial charge in [-0.25, -0.2) is 4.85 Å². The zero-order valence-electron chi connectivity index (χ0n) is 18.4. The van der Waals surface area contributed by atoms with Gasteiger partial charge in [-0.2, -0.15) is 0 Å². The van der Waals surface area contributed by atoms with Crippen molar-refractivity contribution in [3.8, 4) is 5.75 Å². The van der Waals surface area contributed by atoms with E-state index in [1.807, 2.05) is 36.4 Å². The highest BCUT2D eigenvalue weighted by Crippen LogP contribution is 2.34. The number of hydrogen-bond acceptors (Lipinski definition) is 7. The third kappa shape index (κ3) is 5.36. The zero-order chi connectivity index (χ0) is 23.2. The van der Waals surface area contributed by atoms with Crippen LogP contribution in [0.15, 0.2) is 40.9 Å². The summed E-state index contributed by atoms with van der Waals surface area (Å²) in [5.41, 5.74) is 1.63. The number of aliphatic hydroxyl groups is 1. The van der Waals surface area contributed by atoms with Gasteiger partial charge in [-0.05, 0) is 52.5 Å². The van der Waals surface area contributed by atoms with Gasteiger partial charge in [0, 0.05) is 30.4 Å². The van der Waals surface area contributed by atoms with E-state index in [0.29, 0.717) is 24.7 Å². The van der Waals surface area contributed by atoms with Crippen molar-refractivity contribution in [3.05, 3.63) is 57.9 Å².